The fourth-order valence-electron chi connectivity index (χ4n) is 5.47. The number of nitrogens with zero attached hydrogens (tertiary/aromatic N) is 4. The number of aryl methyl sites for hydroxylation is 1. The highest BCUT2D eigenvalue weighted by Gasteiger charge is 2.65. The molecule has 3 saturated heterocycles. The molecule has 0 unspecified atom stereocenters. The van der Waals surface area contributed by atoms with E-state index in [4.69, 9.17) is 4.74 Å². The summed E-state index contributed by atoms with van der Waals surface area (Å²) in [7, 11) is 0. The van der Waals surface area contributed by atoms with E-state index in [0.717, 1.165) is 16.9 Å². The lowest BCUT2D eigenvalue weighted by Gasteiger charge is -2.33. The Labute approximate surface area is 173 Å². The molecular formula is C23H22N4O3. The molecule has 7 nitrogen and oxygen atoms in total. The van der Waals surface area contributed by atoms with Crippen molar-refractivity contribution in [1.29, 1.82) is 0 Å². The van der Waals surface area contributed by atoms with E-state index in [0.29, 0.717) is 31.7 Å². The average molecular weight is 402 g/mol. The molecule has 1 aromatic carbocycles. The van der Waals surface area contributed by atoms with E-state index in [2.05, 4.69) is 4.98 Å². The fourth-order valence-corrected chi connectivity index (χ4v) is 5.47. The number of aromatic nitrogens is 2. The van der Waals surface area contributed by atoms with Gasteiger partial charge in [-0.05, 0) is 24.6 Å². The second-order valence-electron chi connectivity index (χ2n) is 8.29. The number of hydrogen-bond donors (Lipinski definition) is 0. The minimum Gasteiger partial charge on any atom is -0.351 e. The van der Waals surface area contributed by atoms with Gasteiger partial charge in [-0.25, -0.2) is 4.98 Å². The second kappa shape index (κ2) is 6.15. The van der Waals surface area contributed by atoms with Crippen LogP contribution in [-0.4, -0.2) is 55.9 Å². The summed E-state index contributed by atoms with van der Waals surface area (Å²) in [5.74, 6) is -0.0740. The van der Waals surface area contributed by atoms with Crippen molar-refractivity contribution in [3.05, 3.63) is 71.7 Å². The number of rotatable bonds is 2. The van der Waals surface area contributed by atoms with Gasteiger partial charge in [0, 0.05) is 19.2 Å². The van der Waals surface area contributed by atoms with Crippen molar-refractivity contribution in [3.63, 3.8) is 0 Å². The first-order valence-corrected chi connectivity index (χ1v) is 10.4. The maximum absolute atomic E-state index is 13.5. The van der Waals surface area contributed by atoms with Crippen LogP contribution >= 0.6 is 0 Å². The average Bonchev–Trinajstić information content (AvgIpc) is 3.48. The first kappa shape index (κ1) is 17.7. The van der Waals surface area contributed by atoms with Crippen LogP contribution in [0.15, 0.2) is 54.7 Å². The maximum Gasteiger partial charge on any atom is 0.274 e. The Morgan fingerprint density at radius 3 is 2.77 bits per heavy atom. The lowest BCUT2D eigenvalue weighted by atomic mass is 10.0. The van der Waals surface area contributed by atoms with Crippen molar-refractivity contribution in [2.24, 2.45) is 0 Å². The molecule has 3 atom stereocenters. The van der Waals surface area contributed by atoms with E-state index in [9.17, 15) is 9.59 Å². The topological polar surface area (TPSA) is 67.2 Å². The van der Waals surface area contributed by atoms with Gasteiger partial charge in [0.05, 0.1) is 30.8 Å². The highest BCUT2D eigenvalue weighted by atomic mass is 16.5. The Bertz CT molecular complexity index is 1170. The van der Waals surface area contributed by atoms with Crippen molar-refractivity contribution in [3.8, 4) is 0 Å². The minimum atomic E-state index is -0.722. The van der Waals surface area contributed by atoms with Gasteiger partial charge in [0.1, 0.15) is 11.3 Å². The van der Waals surface area contributed by atoms with Gasteiger partial charge in [0.15, 0.2) is 5.72 Å². The van der Waals surface area contributed by atoms with Crippen LogP contribution < -0.4 is 0 Å². The summed E-state index contributed by atoms with van der Waals surface area (Å²) in [6.45, 7) is 2.92. The van der Waals surface area contributed by atoms with Crippen LogP contribution in [0.3, 0.4) is 0 Å². The summed E-state index contributed by atoms with van der Waals surface area (Å²) in [6.07, 6.45) is 2.83. The van der Waals surface area contributed by atoms with Crippen LogP contribution in [0.25, 0.3) is 5.65 Å². The molecule has 3 aliphatic heterocycles. The number of ether oxygens (including phenoxy) is 1. The van der Waals surface area contributed by atoms with Gasteiger partial charge >= 0.3 is 0 Å². The number of amides is 2. The predicted molar refractivity (Wildman–Crippen MR) is 109 cm³/mol. The molecule has 152 valence electrons. The molecular weight excluding hydrogens is 380 g/mol. The Hall–Kier alpha value is -3.19. The van der Waals surface area contributed by atoms with E-state index in [1.54, 1.807) is 4.90 Å². The monoisotopic (exact) mass is 402 g/mol. The fraction of sp³-hybridized carbons (Fsp3) is 0.348. The van der Waals surface area contributed by atoms with Crippen molar-refractivity contribution >= 4 is 17.5 Å². The number of benzene rings is 1. The normalized spacial score (nSPS) is 27.7. The highest BCUT2D eigenvalue weighted by Crippen LogP contribution is 2.51. The lowest BCUT2D eigenvalue weighted by Crippen LogP contribution is -2.49. The number of carbonyl (C=O) groups is 2. The zero-order chi connectivity index (χ0) is 20.5. The number of carbonyl (C=O) groups excluding carboxylic acids is 2. The van der Waals surface area contributed by atoms with E-state index in [-0.39, 0.29) is 23.9 Å². The van der Waals surface area contributed by atoms with Crippen LogP contribution in [0.5, 0.6) is 0 Å². The molecule has 1 spiro atoms. The van der Waals surface area contributed by atoms with Gasteiger partial charge in [0.25, 0.3) is 5.91 Å². The number of hydrogen-bond acceptors (Lipinski definition) is 4. The number of fused-ring (bicyclic) bond motifs is 1. The van der Waals surface area contributed by atoms with Crippen molar-refractivity contribution in [2.45, 2.75) is 37.6 Å². The molecule has 5 heterocycles. The number of imidazole rings is 1. The van der Waals surface area contributed by atoms with Crippen LogP contribution in [-0.2, 0) is 9.53 Å². The lowest BCUT2D eigenvalue weighted by molar-refractivity contribution is -0.138. The molecule has 6 rings (SSSR count). The first-order chi connectivity index (χ1) is 14.6. The van der Waals surface area contributed by atoms with Crippen molar-refractivity contribution < 1.29 is 14.3 Å². The summed E-state index contributed by atoms with van der Waals surface area (Å²) < 4.78 is 8.24. The smallest absolute Gasteiger partial charge is 0.274 e. The summed E-state index contributed by atoms with van der Waals surface area (Å²) in [4.78, 5) is 34.8. The van der Waals surface area contributed by atoms with Gasteiger partial charge in [-0.3, -0.25) is 9.59 Å². The summed E-state index contributed by atoms with van der Waals surface area (Å²) in [5, 5.41) is 0. The van der Waals surface area contributed by atoms with Crippen LogP contribution in [0, 0.1) is 6.92 Å². The predicted octanol–water partition coefficient (Wildman–Crippen LogP) is 2.56. The van der Waals surface area contributed by atoms with Gasteiger partial charge in [0.2, 0.25) is 5.91 Å². The van der Waals surface area contributed by atoms with Gasteiger partial charge in [-0.15, -0.1) is 0 Å². The standard InChI is InChI=1S/C23H22N4O3/c1-15-21(24-19-9-5-6-11-25(15)19)22(29)26-12-10-23-18(26)13-20(28)27(23)17(14-30-23)16-7-3-2-4-8-16/h2-9,11,17-18H,10,12-14H2,1H3/t17-,18+,23-/m0/s1. The molecule has 30 heavy (non-hydrogen) atoms. The number of likely N-dealkylation sites (tertiary alicyclic amines) is 1. The largest absolute Gasteiger partial charge is 0.351 e. The van der Waals surface area contributed by atoms with E-state index < -0.39 is 5.72 Å². The van der Waals surface area contributed by atoms with Crippen molar-refractivity contribution in [2.75, 3.05) is 13.2 Å². The van der Waals surface area contributed by atoms with Gasteiger partial charge in [-0.1, -0.05) is 36.4 Å². The summed E-state index contributed by atoms with van der Waals surface area (Å²) in [6, 6.07) is 15.3. The molecule has 3 fully saturated rings. The second-order valence-corrected chi connectivity index (χ2v) is 8.29. The molecule has 2 aromatic heterocycles. The molecule has 2 amide bonds. The van der Waals surface area contributed by atoms with E-state index in [1.165, 1.54) is 0 Å². The zero-order valence-electron chi connectivity index (χ0n) is 16.7. The SMILES string of the molecule is Cc1c(C(=O)N2CC[C@@]34OC[C@@H](c5ccccc5)N3C(=O)C[C@@H]24)nc2ccccn12. The molecule has 0 N–H and O–H groups in total. The third-order valence-electron chi connectivity index (χ3n) is 6.87. The molecule has 7 heteroatoms. The highest BCUT2D eigenvalue weighted by molar-refractivity contribution is 5.96. The first-order valence-electron chi connectivity index (χ1n) is 10.4. The minimum absolute atomic E-state index is 0.0515. The third kappa shape index (κ3) is 2.21. The third-order valence-corrected chi connectivity index (χ3v) is 6.87. The van der Waals surface area contributed by atoms with Crippen LogP contribution in [0.2, 0.25) is 0 Å². The Kier molecular flexibility index (Phi) is 3.62. The molecule has 0 radical (unpaired) electrons. The van der Waals surface area contributed by atoms with E-state index in [1.807, 2.05) is 71.0 Å². The maximum atomic E-state index is 13.5. The Morgan fingerprint density at radius 2 is 1.97 bits per heavy atom. The molecule has 3 aromatic rings. The van der Waals surface area contributed by atoms with Crippen LogP contribution in [0.4, 0.5) is 0 Å². The van der Waals surface area contributed by atoms with Gasteiger partial charge < -0.3 is 18.9 Å². The quantitative estimate of drug-likeness (QED) is 0.661. The molecule has 3 aliphatic rings. The summed E-state index contributed by atoms with van der Waals surface area (Å²) >= 11 is 0. The van der Waals surface area contributed by atoms with Gasteiger partial charge in [-0.2, -0.15) is 0 Å². The summed E-state index contributed by atoms with van der Waals surface area (Å²) in [5.41, 5.74) is 2.36. The Morgan fingerprint density at radius 1 is 1.17 bits per heavy atom. The van der Waals surface area contributed by atoms with Crippen LogP contribution in [0.1, 0.15) is 40.6 Å². The Balaban J connectivity index is 1.35. The van der Waals surface area contributed by atoms with Crippen molar-refractivity contribution in [1.82, 2.24) is 19.2 Å². The van der Waals surface area contributed by atoms with E-state index >= 15 is 0 Å². The molecule has 0 bridgehead atoms. The zero-order valence-corrected chi connectivity index (χ0v) is 16.7. The molecule has 0 aliphatic carbocycles. The molecule has 0 saturated carbocycles. The number of pyridine rings is 1.